The zero-order valence-corrected chi connectivity index (χ0v) is 11.2. The van der Waals surface area contributed by atoms with Crippen molar-refractivity contribution in [2.24, 2.45) is 5.92 Å². The van der Waals surface area contributed by atoms with Gasteiger partial charge in [-0.1, -0.05) is 0 Å². The lowest BCUT2D eigenvalue weighted by atomic mass is 10.1. The van der Waals surface area contributed by atoms with Gasteiger partial charge >= 0.3 is 11.9 Å². The predicted octanol–water partition coefficient (Wildman–Crippen LogP) is 0.583. The standard InChI is InChI=1S/C12H17N3O4/c1-4-19-11(16)8-5-13-10-9(12(17)18-3)7(2)14-15(10)6-8/h8,13H,4-6H2,1-3H3. The molecule has 104 valence electrons. The van der Waals surface area contributed by atoms with E-state index in [1.807, 2.05) is 0 Å². The van der Waals surface area contributed by atoms with Crippen LogP contribution in [0.2, 0.25) is 0 Å². The van der Waals surface area contributed by atoms with E-state index in [4.69, 9.17) is 9.47 Å². The topological polar surface area (TPSA) is 82.4 Å². The third-order valence-electron chi connectivity index (χ3n) is 3.05. The van der Waals surface area contributed by atoms with Gasteiger partial charge in [0.15, 0.2) is 0 Å². The van der Waals surface area contributed by atoms with Crippen molar-refractivity contribution in [3.8, 4) is 0 Å². The average Bonchev–Trinajstić information content (AvgIpc) is 2.73. The highest BCUT2D eigenvalue weighted by molar-refractivity contribution is 5.96. The summed E-state index contributed by atoms with van der Waals surface area (Å²) in [5.74, 6) is -0.378. The summed E-state index contributed by atoms with van der Waals surface area (Å²) in [5.41, 5.74) is 1.00. The number of rotatable bonds is 3. The number of fused-ring (bicyclic) bond motifs is 1. The van der Waals surface area contributed by atoms with Crippen molar-refractivity contribution in [1.29, 1.82) is 0 Å². The Kier molecular flexibility index (Phi) is 3.73. The molecule has 0 saturated heterocycles. The number of carbonyl (C=O) groups is 2. The molecule has 0 bridgehead atoms. The molecule has 2 heterocycles. The van der Waals surface area contributed by atoms with E-state index in [0.717, 1.165) is 0 Å². The van der Waals surface area contributed by atoms with E-state index in [0.29, 0.717) is 36.8 Å². The summed E-state index contributed by atoms with van der Waals surface area (Å²) in [7, 11) is 1.33. The number of aryl methyl sites for hydroxylation is 1. The van der Waals surface area contributed by atoms with Crippen LogP contribution >= 0.6 is 0 Å². The van der Waals surface area contributed by atoms with E-state index >= 15 is 0 Å². The second-order valence-corrected chi connectivity index (χ2v) is 4.31. The highest BCUT2D eigenvalue weighted by Crippen LogP contribution is 2.25. The van der Waals surface area contributed by atoms with Crippen LogP contribution in [0.3, 0.4) is 0 Å². The van der Waals surface area contributed by atoms with E-state index in [2.05, 4.69) is 10.4 Å². The Morgan fingerprint density at radius 2 is 2.26 bits per heavy atom. The Morgan fingerprint density at radius 3 is 2.89 bits per heavy atom. The van der Waals surface area contributed by atoms with Gasteiger partial charge in [-0.2, -0.15) is 5.10 Å². The molecule has 19 heavy (non-hydrogen) atoms. The average molecular weight is 267 g/mol. The minimum atomic E-state index is -0.430. The number of carbonyl (C=O) groups excluding carboxylic acids is 2. The van der Waals surface area contributed by atoms with Crippen molar-refractivity contribution in [2.45, 2.75) is 20.4 Å². The van der Waals surface area contributed by atoms with Gasteiger partial charge < -0.3 is 14.8 Å². The monoisotopic (exact) mass is 267 g/mol. The Morgan fingerprint density at radius 1 is 1.53 bits per heavy atom. The summed E-state index contributed by atoms with van der Waals surface area (Å²) >= 11 is 0. The number of hydrogen-bond acceptors (Lipinski definition) is 6. The quantitative estimate of drug-likeness (QED) is 0.807. The van der Waals surface area contributed by atoms with Crippen LogP contribution in [0, 0.1) is 12.8 Å². The van der Waals surface area contributed by atoms with Crippen LogP contribution in [0.5, 0.6) is 0 Å². The number of aromatic nitrogens is 2. The molecule has 0 aliphatic carbocycles. The Balaban J connectivity index is 2.23. The van der Waals surface area contributed by atoms with Crippen LogP contribution in [0.15, 0.2) is 0 Å². The van der Waals surface area contributed by atoms with Crippen LogP contribution in [0.25, 0.3) is 0 Å². The van der Waals surface area contributed by atoms with Crippen molar-refractivity contribution in [1.82, 2.24) is 9.78 Å². The zero-order valence-electron chi connectivity index (χ0n) is 11.2. The van der Waals surface area contributed by atoms with Gasteiger partial charge in [0.05, 0.1) is 31.9 Å². The van der Waals surface area contributed by atoms with Crippen molar-refractivity contribution in [2.75, 3.05) is 25.6 Å². The fourth-order valence-corrected chi connectivity index (χ4v) is 2.15. The van der Waals surface area contributed by atoms with Gasteiger partial charge in [-0.05, 0) is 13.8 Å². The first-order chi connectivity index (χ1) is 9.08. The molecular formula is C12H17N3O4. The van der Waals surface area contributed by atoms with Crippen LogP contribution in [0.4, 0.5) is 5.82 Å². The zero-order chi connectivity index (χ0) is 14.0. The van der Waals surface area contributed by atoms with E-state index in [1.54, 1.807) is 18.5 Å². The molecule has 7 nitrogen and oxygen atoms in total. The van der Waals surface area contributed by atoms with Crippen LogP contribution < -0.4 is 5.32 Å². The molecule has 1 N–H and O–H groups in total. The lowest BCUT2D eigenvalue weighted by Crippen LogP contribution is -2.35. The first-order valence-electron chi connectivity index (χ1n) is 6.14. The highest BCUT2D eigenvalue weighted by atomic mass is 16.5. The van der Waals surface area contributed by atoms with Gasteiger partial charge in [-0.25, -0.2) is 9.48 Å². The van der Waals surface area contributed by atoms with Crippen molar-refractivity contribution < 1.29 is 19.1 Å². The van der Waals surface area contributed by atoms with Gasteiger partial charge in [-0.15, -0.1) is 0 Å². The lowest BCUT2D eigenvalue weighted by Gasteiger charge is -2.23. The number of hydrogen-bond donors (Lipinski definition) is 1. The van der Waals surface area contributed by atoms with Gasteiger partial charge in [0.2, 0.25) is 0 Å². The maximum atomic E-state index is 11.7. The fraction of sp³-hybridized carbons (Fsp3) is 0.583. The van der Waals surface area contributed by atoms with Gasteiger partial charge in [0.25, 0.3) is 0 Å². The third-order valence-corrected chi connectivity index (χ3v) is 3.05. The molecule has 0 radical (unpaired) electrons. The van der Waals surface area contributed by atoms with E-state index in [1.165, 1.54) is 7.11 Å². The summed E-state index contributed by atoms with van der Waals surface area (Å²) in [5, 5.41) is 7.31. The molecule has 1 aromatic heterocycles. The highest BCUT2D eigenvalue weighted by Gasteiger charge is 2.31. The first kappa shape index (κ1) is 13.4. The molecule has 1 aliphatic rings. The third kappa shape index (κ3) is 2.40. The second kappa shape index (κ2) is 5.29. The van der Waals surface area contributed by atoms with Crippen molar-refractivity contribution >= 4 is 17.8 Å². The van der Waals surface area contributed by atoms with Gasteiger partial charge in [0, 0.05) is 6.54 Å². The molecule has 0 spiro atoms. The SMILES string of the molecule is CCOC(=O)C1CNc2c(C(=O)OC)c(C)nn2C1. The summed E-state index contributed by atoms with van der Waals surface area (Å²) in [4.78, 5) is 23.4. The number of nitrogens with zero attached hydrogens (tertiary/aromatic N) is 2. The number of nitrogens with one attached hydrogen (secondary N) is 1. The lowest BCUT2D eigenvalue weighted by molar-refractivity contribution is -0.148. The minimum Gasteiger partial charge on any atom is -0.466 e. The first-order valence-corrected chi connectivity index (χ1v) is 6.14. The van der Waals surface area contributed by atoms with Crippen LogP contribution in [0.1, 0.15) is 23.0 Å². The number of esters is 2. The van der Waals surface area contributed by atoms with E-state index in [-0.39, 0.29) is 11.9 Å². The maximum Gasteiger partial charge on any atom is 0.343 e. The largest absolute Gasteiger partial charge is 0.466 e. The summed E-state index contributed by atoms with van der Waals surface area (Å²) < 4.78 is 11.3. The smallest absolute Gasteiger partial charge is 0.343 e. The molecule has 1 unspecified atom stereocenters. The molecule has 7 heteroatoms. The van der Waals surface area contributed by atoms with Crippen molar-refractivity contribution in [3.63, 3.8) is 0 Å². The molecular weight excluding hydrogens is 250 g/mol. The predicted molar refractivity (Wildman–Crippen MR) is 66.9 cm³/mol. The molecule has 1 aromatic rings. The van der Waals surface area contributed by atoms with Gasteiger partial charge in [-0.3, -0.25) is 4.79 Å². The summed E-state index contributed by atoms with van der Waals surface area (Å²) in [6.45, 7) is 4.69. The number of methoxy groups -OCH3 is 1. The minimum absolute atomic E-state index is 0.256. The summed E-state index contributed by atoms with van der Waals surface area (Å²) in [6, 6.07) is 0. The Labute approximate surface area is 110 Å². The molecule has 0 aromatic carbocycles. The normalized spacial score (nSPS) is 17.3. The molecule has 0 amide bonds. The molecule has 1 atom stereocenters. The molecule has 0 saturated carbocycles. The molecule has 1 aliphatic heterocycles. The second-order valence-electron chi connectivity index (χ2n) is 4.31. The Hall–Kier alpha value is -2.05. The molecule has 2 rings (SSSR count). The maximum absolute atomic E-state index is 11.7. The summed E-state index contributed by atoms with van der Waals surface area (Å²) in [6.07, 6.45) is 0. The van der Waals surface area contributed by atoms with Crippen LogP contribution in [-0.2, 0) is 20.8 Å². The van der Waals surface area contributed by atoms with E-state index in [9.17, 15) is 9.59 Å². The molecule has 0 fully saturated rings. The van der Waals surface area contributed by atoms with Crippen LogP contribution in [-0.4, -0.2) is 42.0 Å². The number of ether oxygens (including phenoxy) is 2. The number of anilines is 1. The fourth-order valence-electron chi connectivity index (χ4n) is 2.15. The van der Waals surface area contributed by atoms with E-state index < -0.39 is 5.97 Å². The van der Waals surface area contributed by atoms with Crippen molar-refractivity contribution in [3.05, 3.63) is 11.3 Å². The van der Waals surface area contributed by atoms with Gasteiger partial charge in [0.1, 0.15) is 11.4 Å². The Bertz CT molecular complexity index is 509.